The Hall–Kier alpha value is -2.60. The minimum absolute atomic E-state index is 0.0370. The molecule has 0 radical (unpaired) electrons. The molecule has 0 atom stereocenters. The lowest BCUT2D eigenvalue weighted by atomic mass is 10.1. The minimum Gasteiger partial charge on any atom is -0.293 e. The largest absolute Gasteiger partial charge is 0.293 e. The highest BCUT2D eigenvalue weighted by atomic mass is 35.5. The lowest BCUT2D eigenvalue weighted by molar-refractivity contribution is 0.102. The number of carbonyl (C=O) groups excluding carboxylic acids is 1. The Balaban J connectivity index is 1.68. The van der Waals surface area contributed by atoms with Crippen LogP contribution in [-0.4, -0.2) is 26.3 Å². The normalized spacial score (nSPS) is 10.9. The molecule has 4 nitrogen and oxygen atoms in total. The number of hydrogen-bond acceptors (Lipinski definition) is 4. The lowest BCUT2D eigenvalue weighted by Gasteiger charge is -2.11. The standard InChI is InChI=1S/C23H17Cl2N3OS/c1-15-5-7-16(8-6-15)21(29)14-30-23-27-26-22(17-3-2-4-19(25)13-17)28(23)20-11-9-18(24)10-12-20/h2-13H,14H2,1H3. The molecule has 0 fully saturated rings. The van der Waals surface area contributed by atoms with E-state index in [2.05, 4.69) is 10.2 Å². The predicted octanol–water partition coefficient (Wildman–Crippen LogP) is 6.52. The molecule has 0 aliphatic rings. The Morgan fingerprint density at radius 1 is 0.933 bits per heavy atom. The molecular weight excluding hydrogens is 437 g/mol. The fourth-order valence-corrected chi connectivity index (χ4v) is 4.12. The van der Waals surface area contributed by atoms with Crippen LogP contribution < -0.4 is 0 Å². The maximum absolute atomic E-state index is 12.6. The van der Waals surface area contributed by atoms with Crippen molar-refractivity contribution in [2.75, 3.05) is 5.75 Å². The summed E-state index contributed by atoms with van der Waals surface area (Å²) in [6, 6.07) is 22.4. The van der Waals surface area contributed by atoms with Crippen molar-refractivity contribution in [1.82, 2.24) is 14.8 Å². The van der Waals surface area contributed by atoms with Crippen LogP contribution in [0, 0.1) is 6.92 Å². The van der Waals surface area contributed by atoms with Crippen LogP contribution in [0.15, 0.2) is 78.0 Å². The summed E-state index contributed by atoms with van der Waals surface area (Å²) < 4.78 is 1.91. The van der Waals surface area contributed by atoms with E-state index in [0.717, 1.165) is 16.8 Å². The molecule has 0 bridgehead atoms. The van der Waals surface area contributed by atoms with Gasteiger partial charge in [0.25, 0.3) is 0 Å². The number of aromatic nitrogens is 3. The first kappa shape index (κ1) is 20.7. The first-order chi connectivity index (χ1) is 14.5. The second kappa shape index (κ2) is 9.04. The van der Waals surface area contributed by atoms with Gasteiger partial charge in [-0.1, -0.05) is 76.9 Å². The first-order valence-corrected chi connectivity index (χ1v) is 11.0. The third-order valence-corrected chi connectivity index (χ3v) is 5.92. The number of ketones is 1. The average Bonchev–Trinajstić information content (AvgIpc) is 3.17. The number of benzene rings is 3. The number of hydrogen-bond donors (Lipinski definition) is 0. The fraction of sp³-hybridized carbons (Fsp3) is 0.0870. The summed E-state index contributed by atoms with van der Waals surface area (Å²) in [5, 5.41) is 10.6. The number of Topliss-reactive ketones (excluding diaryl/α,β-unsaturated/α-hetero) is 1. The zero-order valence-corrected chi connectivity index (χ0v) is 18.4. The number of nitrogens with zero attached hydrogens (tertiary/aromatic N) is 3. The Morgan fingerprint density at radius 3 is 2.37 bits per heavy atom. The van der Waals surface area contributed by atoms with Gasteiger partial charge in [0.05, 0.1) is 5.75 Å². The number of halogens is 2. The highest BCUT2D eigenvalue weighted by Gasteiger charge is 2.18. The van der Waals surface area contributed by atoms with E-state index in [1.165, 1.54) is 11.8 Å². The summed E-state index contributed by atoms with van der Waals surface area (Å²) in [7, 11) is 0. The van der Waals surface area contributed by atoms with Crippen molar-refractivity contribution in [3.05, 3.63) is 94.0 Å². The number of thioether (sulfide) groups is 1. The van der Waals surface area contributed by atoms with Crippen LogP contribution in [0.25, 0.3) is 17.1 Å². The second-order valence-corrected chi connectivity index (χ2v) is 8.52. The molecule has 3 aromatic carbocycles. The van der Waals surface area contributed by atoms with Crippen LogP contribution in [0.1, 0.15) is 15.9 Å². The van der Waals surface area contributed by atoms with Crippen molar-refractivity contribution in [3.63, 3.8) is 0 Å². The Labute approximate surface area is 188 Å². The zero-order chi connectivity index (χ0) is 21.1. The summed E-state index contributed by atoms with van der Waals surface area (Å²) in [6.45, 7) is 2.00. The van der Waals surface area contributed by atoms with Gasteiger partial charge in [0.15, 0.2) is 16.8 Å². The molecular formula is C23H17Cl2N3OS. The van der Waals surface area contributed by atoms with Gasteiger partial charge < -0.3 is 0 Å². The van der Waals surface area contributed by atoms with E-state index < -0.39 is 0 Å². The molecule has 0 saturated carbocycles. The van der Waals surface area contributed by atoms with E-state index in [1.807, 2.05) is 84.3 Å². The van der Waals surface area contributed by atoms with Crippen LogP contribution in [-0.2, 0) is 0 Å². The quantitative estimate of drug-likeness (QED) is 0.246. The van der Waals surface area contributed by atoms with Gasteiger partial charge in [-0.15, -0.1) is 10.2 Å². The average molecular weight is 454 g/mol. The molecule has 0 amide bonds. The summed E-state index contributed by atoms with van der Waals surface area (Å²) in [4.78, 5) is 12.6. The van der Waals surface area contributed by atoms with Crippen molar-refractivity contribution in [3.8, 4) is 17.1 Å². The summed E-state index contributed by atoms with van der Waals surface area (Å²) in [5.74, 6) is 0.935. The molecule has 150 valence electrons. The number of rotatable bonds is 6. The molecule has 0 aliphatic heterocycles. The second-order valence-electron chi connectivity index (χ2n) is 6.71. The molecule has 4 rings (SSSR count). The third kappa shape index (κ3) is 4.59. The van der Waals surface area contributed by atoms with E-state index in [0.29, 0.717) is 26.6 Å². The van der Waals surface area contributed by atoms with Crippen LogP contribution in [0.4, 0.5) is 0 Å². The molecule has 0 spiro atoms. The highest BCUT2D eigenvalue weighted by molar-refractivity contribution is 7.99. The van der Waals surface area contributed by atoms with Gasteiger partial charge in [0.2, 0.25) is 0 Å². The highest BCUT2D eigenvalue weighted by Crippen LogP contribution is 2.30. The molecule has 30 heavy (non-hydrogen) atoms. The summed E-state index contributed by atoms with van der Waals surface area (Å²) in [6.07, 6.45) is 0. The summed E-state index contributed by atoms with van der Waals surface area (Å²) in [5.41, 5.74) is 3.49. The first-order valence-electron chi connectivity index (χ1n) is 9.21. The lowest BCUT2D eigenvalue weighted by Crippen LogP contribution is -2.05. The van der Waals surface area contributed by atoms with Crippen LogP contribution in [0.5, 0.6) is 0 Å². The van der Waals surface area contributed by atoms with Crippen molar-refractivity contribution >= 4 is 40.7 Å². The molecule has 7 heteroatoms. The fourth-order valence-electron chi connectivity index (χ4n) is 2.95. The van der Waals surface area contributed by atoms with Crippen LogP contribution in [0.3, 0.4) is 0 Å². The van der Waals surface area contributed by atoms with Crippen molar-refractivity contribution in [2.45, 2.75) is 12.1 Å². The van der Waals surface area contributed by atoms with E-state index >= 15 is 0 Å². The van der Waals surface area contributed by atoms with E-state index in [9.17, 15) is 4.79 Å². The van der Waals surface area contributed by atoms with Crippen molar-refractivity contribution in [2.24, 2.45) is 0 Å². The maximum Gasteiger partial charge on any atom is 0.196 e. The summed E-state index contributed by atoms with van der Waals surface area (Å²) >= 11 is 13.6. The van der Waals surface area contributed by atoms with Gasteiger partial charge in [0.1, 0.15) is 0 Å². The van der Waals surface area contributed by atoms with E-state index in [1.54, 1.807) is 0 Å². The van der Waals surface area contributed by atoms with Crippen LogP contribution in [0.2, 0.25) is 10.0 Å². The van der Waals surface area contributed by atoms with Gasteiger partial charge in [-0.25, -0.2) is 0 Å². The predicted molar refractivity (Wildman–Crippen MR) is 123 cm³/mol. The van der Waals surface area contributed by atoms with Gasteiger partial charge in [-0.3, -0.25) is 9.36 Å². The molecule has 0 saturated heterocycles. The number of aryl methyl sites for hydroxylation is 1. The molecule has 1 heterocycles. The van der Waals surface area contributed by atoms with Gasteiger partial charge in [-0.05, 0) is 43.3 Å². The topological polar surface area (TPSA) is 47.8 Å². The molecule has 0 aliphatic carbocycles. The Kier molecular flexibility index (Phi) is 6.23. The Bertz CT molecular complexity index is 1190. The Morgan fingerprint density at radius 2 is 1.67 bits per heavy atom. The van der Waals surface area contributed by atoms with E-state index in [4.69, 9.17) is 23.2 Å². The molecule has 0 unspecified atom stereocenters. The van der Waals surface area contributed by atoms with E-state index in [-0.39, 0.29) is 11.5 Å². The van der Waals surface area contributed by atoms with Gasteiger partial charge >= 0.3 is 0 Å². The van der Waals surface area contributed by atoms with Crippen molar-refractivity contribution in [1.29, 1.82) is 0 Å². The van der Waals surface area contributed by atoms with Gasteiger partial charge in [0, 0.05) is 26.9 Å². The molecule has 4 aromatic rings. The smallest absolute Gasteiger partial charge is 0.196 e. The SMILES string of the molecule is Cc1ccc(C(=O)CSc2nnc(-c3cccc(Cl)c3)n2-c2ccc(Cl)cc2)cc1. The minimum atomic E-state index is 0.0370. The zero-order valence-electron chi connectivity index (χ0n) is 16.0. The maximum atomic E-state index is 12.6. The third-order valence-electron chi connectivity index (χ3n) is 4.51. The molecule has 0 N–H and O–H groups in total. The van der Waals surface area contributed by atoms with Crippen molar-refractivity contribution < 1.29 is 4.79 Å². The van der Waals surface area contributed by atoms with Gasteiger partial charge in [-0.2, -0.15) is 0 Å². The molecule has 1 aromatic heterocycles. The van der Waals surface area contributed by atoms with Crippen LogP contribution >= 0.6 is 35.0 Å². The number of carbonyl (C=O) groups is 1. The monoisotopic (exact) mass is 453 g/mol.